The van der Waals surface area contributed by atoms with Gasteiger partial charge in [0.15, 0.2) is 0 Å². The molecular weight excluding hydrogens is 124 g/mol. The highest BCUT2D eigenvalue weighted by Crippen LogP contribution is 1.98. The fourth-order valence-electron chi connectivity index (χ4n) is 0.711. The van der Waals surface area contributed by atoms with E-state index < -0.39 is 0 Å². The van der Waals surface area contributed by atoms with Gasteiger partial charge in [0.25, 0.3) is 0 Å². The van der Waals surface area contributed by atoms with E-state index in [1.54, 1.807) is 0 Å². The summed E-state index contributed by atoms with van der Waals surface area (Å²) in [5.74, 6) is 0. The summed E-state index contributed by atoms with van der Waals surface area (Å²) in [6, 6.07) is 0. The van der Waals surface area contributed by atoms with E-state index in [-0.39, 0.29) is 6.10 Å². The molecule has 0 aliphatic rings. The first-order valence-corrected chi connectivity index (χ1v) is 4.16. The zero-order valence-corrected chi connectivity index (χ0v) is 7.01. The quantitative estimate of drug-likeness (QED) is 0.462. The van der Waals surface area contributed by atoms with Crippen LogP contribution in [0.4, 0.5) is 0 Å². The molecule has 0 spiro atoms. The maximum absolute atomic E-state index is 9.07. The monoisotopic (exact) mass is 142 g/mol. The van der Waals surface area contributed by atoms with Crippen molar-refractivity contribution in [1.82, 2.24) is 0 Å². The average molecular weight is 142 g/mol. The first-order valence-electron chi connectivity index (χ1n) is 4.16. The number of unbranched alkanes of at least 4 members (excludes halogenated alkanes) is 2. The maximum atomic E-state index is 9.07. The third kappa shape index (κ3) is 5.83. The molecule has 0 aromatic carbocycles. The second-order valence-corrected chi connectivity index (χ2v) is 2.55. The van der Waals surface area contributed by atoms with Gasteiger partial charge in [-0.15, -0.1) is 0 Å². The van der Waals surface area contributed by atoms with Gasteiger partial charge in [0.2, 0.25) is 0 Å². The number of allylic oxidation sites excluding steroid dienone is 1. The maximum Gasteiger partial charge on any atom is 0.0718 e. The fraction of sp³-hybridized carbons (Fsp3) is 0.778. The van der Waals surface area contributed by atoms with Gasteiger partial charge in [-0.25, -0.2) is 0 Å². The van der Waals surface area contributed by atoms with Crippen LogP contribution < -0.4 is 0 Å². The van der Waals surface area contributed by atoms with Gasteiger partial charge < -0.3 is 5.11 Å². The van der Waals surface area contributed by atoms with Crippen LogP contribution in [0.5, 0.6) is 0 Å². The van der Waals surface area contributed by atoms with E-state index in [0.717, 1.165) is 12.8 Å². The molecule has 0 aliphatic heterocycles. The highest BCUT2D eigenvalue weighted by Gasteiger charge is 1.90. The number of rotatable bonds is 5. The summed E-state index contributed by atoms with van der Waals surface area (Å²) in [6.45, 7) is 4.15. The van der Waals surface area contributed by atoms with Crippen LogP contribution in [0.3, 0.4) is 0 Å². The van der Waals surface area contributed by atoms with Crippen molar-refractivity contribution in [1.29, 1.82) is 0 Å². The number of hydrogen-bond donors (Lipinski definition) is 1. The van der Waals surface area contributed by atoms with E-state index in [2.05, 4.69) is 13.0 Å². The topological polar surface area (TPSA) is 20.2 Å². The summed E-state index contributed by atoms with van der Waals surface area (Å²) in [7, 11) is 0. The van der Waals surface area contributed by atoms with Crippen molar-refractivity contribution >= 4 is 0 Å². The summed E-state index contributed by atoms with van der Waals surface area (Å²) >= 11 is 0. The lowest BCUT2D eigenvalue weighted by Crippen LogP contribution is -1.97. The minimum atomic E-state index is -0.225. The Labute approximate surface area is 63.8 Å². The van der Waals surface area contributed by atoms with Crippen LogP contribution in [-0.2, 0) is 0 Å². The Hall–Kier alpha value is -0.300. The SMILES string of the molecule is CCCCC=C[C@H](O)CC. The Bertz CT molecular complexity index is 86.7. The van der Waals surface area contributed by atoms with Crippen molar-refractivity contribution < 1.29 is 5.11 Å². The zero-order chi connectivity index (χ0) is 7.82. The molecule has 1 N–H and O–H groups in total. The molecule has 1 heteroatoms. The molecule has 0 rings (SSSR count). The van der Waals surface area contributed by atoms with Gasteiger partial charge in [0.05, 0.1) is 6.10 Å². The van der Waals surface area contributed by atoms with Gasteiger partial charge in [0, 0.05) is 0 Å². The predicted octanol–water partition coefficient (Wildman–Crippen LogP) is 2.50. The van der Waals surface area contributed by atoms with Crippen LogP contribution in [-0.4, -0.2) is 11.2 Å². The third-order valence-corrected chi connectivity index (χ3v) is 1.50. The normalized spacial score (nSPS) is 14.3. The van der Waals surface area contributed by atoms with Crippen molar-refractivity contribution in [3.8, 4) is 0 Å². The summed E-state index contributed by atoms with van der Waals surface area (Å²) in [5.41, 5.74) is 0. The van der Waals surface area contributed by atoms with E-state index >= 15 is 0 Å². The Balaban J connectivity index is 3.18. The molecule has 0 amide bonds. The standard InChI is InChI=1S/C9H18O/c1-3-5-6-7-8-9(10)4-2/h7-10H,3-6H2,1-2H3/t9-/m1/s1. The Morgan fingerprint density at radius 3 is 2.60 bits per heavy atom. The highest BCUT2D eigenvalue weighted by atomic mass is 16.3. The lowest BCUT2D eigenvalue weighted by Gasteiger charge is -1.97. The Morgan fingerprint density at radius 1 is 1.40 bits per heavy atom. The molecule has 1 nitrogen and oxygen atoms in total. The van der Waals surface area contributed by atoms with Crippen LogP contribution >= 0.6 is 0 Å². The molecule has 0 aromatic heterocycles. The summed E-state index contributed by atoms with van der Waals surface area (Å²) in [4.78, 5) is 0. The molecule has 10 heavy (non-hydrogen) atoms. The van der Waals surface area contributed by atoms with E-state index in [0.29, 0.717) is 0 Å². The van der Waals surface area contributed by atoms with Crippen LogP contribution in [0, 0.1) is 0 Å². The molecular formula is C9H18O. The van der Waals surface area contributed by atoms with Gasteiger partial charge in [-0.3, -0.25) is 0 Å². The average Bonchev–Trinajstić information content (AvgIpc) is 1.98. The molecule has 0 unspecified atom stereocenters. The number of hydrogen-bond acceptors (Lipinski definition) is 1. The van der Waals surface area contributed by atoms with Crippen LogP contribution in [0.1, 0.15) is 39.5 Å². The molecule has 60 valence electrons. The third-order valence-electron chi connectivity index (χ3n) is 1.50. The lowest BCUT2D eigenvalue weighted by molar-refractivity contribution is 0.219. The van der Waals surface area contributed by atoms with Crippen molar-refractivity contribution in [2.24, 2.45) is 0 Å². The molecule has 0 bridgehead atoms. The zero-order valence-electron chi connectivity index (χ0n) is 7.01. The minimum absolute atomic E-state index is 0.225. The van der Waals surface area contributed by atoms with Gasteiger partial charge >= 0.3 is 0 Å². The largest absolute Gasteiger partial charge is 0.389 e. The summed E-state index contributed by atoms with van der Waals surface area (Å²) < 4.78 is 0. The van der Waals surface area contributed by atoms with E-state index in [1.165, 1.54) is 12.8 Å². The molecule has 0 aliphatic carbocycles. The van der Waals surface area contributed by atoms with E-state index in [9.17, 15) is 0 Å². The summed E-state index contributed by atoms with van der Waals surface area (Å²) in [5, 5.41) is 9.07. The minimum Gasteiger partial charge on any atom is -0.389 e. The summed E-state index contributed by atoms with van der Waals surface area (Å²) in [6.07, 6.45) is 8.11. The molecule has 0 saturated carbocycles. The highest BCUT2D eigenvalue weighted by molar-refractivity contribution is 4.87. The molecule has 0 aromatic rings. The molecule has 1 atom stereocenters. The fourth-order valence-corrected chi connectivity index (χ4v) is 0.711. The molecule has 0 heterocycles. The van der Waals surface area contributed by atoms with Crippen molar-refractivity contribution in [2.75, 3.05) is 0 Å². The first kappa shape index (κ1) is 9.70. The molecule has 0 saturated heterocycles. The van der Waals surface area contributed by atoms with E-state index in [1.807, 2.05) is 13.0 Å². The first-order chi connectivity index (χ1) is 4.81. The van der Waals surface area contributed by atoms with Crippen LogP contribution in [0.25, 0.3) is 0 Å². The van der Waals surface area contributed by atoms with Gasteiger partial charge in [-0.05, 0) is 12.8 Å². The van der Waals surface area contributed by atoms with Crippen molar-refractivity contribution in [2.45, 2.75) is 45.6 Å². The second kappa shape index (κ2) is 6.81. The lowest BCUT2D eigenvalue weighted by atomic mass is 10.2. The second-order valence-electron chi connectivity index (χ2n) is 2.55. The van der Waals surface area contributed by atoms with Crippen molar-refractivity contribution in [3.63, 3.8) is 0 Å². The van der Waals surface area contributed by atoms with Crippen LogP contribution in [0.2, 0.25) is 0 Å². The van der Waals surface area contributed by atoms with Gasteiger partial charge in [-0.1, -0.05) is 38.8 Å². The van der Waals surface area contributed by atoms with Crippen LogP contribution in [0.15, 0.2) is 12.2 Å². The van der Waals surface area contributed by atoms with Gasteiger partial charge in [0.1, 0.15) is 0 Å². The Morgan fingerprint density at radius 2 is 2.10 bits per heavy atom. The molecule has 0 radical (unpaired) electrons. The van der Waals surface area contributed by atoms with Gasteiger partial charge in [-0.2, -0.15) is 0 Å². The Kier molecular flexibility index (Phi) is 6.61. The number of aliphatic hydroxyl groups is 1. The van der Waals surface area contributed by atoms with E-state index in [4.69, 9.17) is 5.11 Å². The predicted molar refractivity (Wildman–Crippen MR) is 45.0 cm³/mol. The smallest absolute Gasteiger partial charge is 0.0718 e. The molecule has 0 fully saturated rings. The number of aliphatic hydroxyl groups excluding tert-OH is 1. The van der Waals surface area contributed by atoms with Crippen molar-refractivity contribution in [3.05, 3.63) is 12.2 Å².